The number of benzene rings is 2. The second kappa shape index (κ2) is 7.60. The van der Waals surface area contributed by atoms with Crippen molar-refractivity contribution in [3.8, 4) is 0 Å². The number of aromatic nitrogens is 3. The van der Waals surface area contributed by atoms with Crippen molar-refractivity contribution in [2.45, 2.75) is 13.8 Å². The lowest BCUT2D eigenvalue weighted by Gasteiger charge is -2.12. The van der Waals surface area contributed by atoms with Gasteiger partial charge in [0.1, 0.15) is 0 Å². The van der Waals surface area contributed by atoms with Gasteiger partial charge in [0.15, 0.2) is 5.82 Å². The fourth-order valence-corrected chi connectivity index (χ4v) is 2.53. The Morgan fingerprint density at radius 1 is 1.04 bits per heavy atom. The van der Waals surface area contributed by atoms with E-state index in [0.29, 0.717) is 23.0 Å². The molecule has 3 aromatic rings. The minimum atomic E-state index is -0.396. The first kappa shape index (κ1) is 17.3. The van der Waals surface area contributed by atoms with Gasteiger partial charge in [-0.2, -0.15) is 10.1 Å². The molecule has 0 bridgehead atoms. The van der Waals surface area contributed by atoms with Crippen LogP contribution in [-0.2, 0) is 4.74 Å². The van der Waals surface area contributed by atoms with Gasteiger partial charge < -0.3 is 15.4 Å². The summed E-state index contributed by atoms with van der Waals surface area (Å²) in [5, 5.41) is 14.3. The van der Waals surface area contributed by atoms with Gasteiger partial charge in [0, 0.05) is 11.4 Å². The van der Waals surface area contributed by atoms with Crippen molar-refractivity contribution >= 4 is 29.1 Å². The third kappa shape index (κ3) is 3.94. The van der Waals surface area contributed by atoms with Crippen molar-refractivity contribution < 1.29 is 9.53 Å². The van der Waals surface area contributed by atoms with Gasteiger partial charge in [0.05, 0.1) is 18.9 Å². The maximum absolute atomic E-state index is 11.6. The van der Waals surface area contributed by atoms with Gasteiger partial charge in [-0.15, -0.1) is 5.10 Å². The molecule has 0 saturated carbocycles. The number of rotatable bonds is 5. The van der Waals surface area contributed by atoms with E-state index in [4.69, 9.17) is 4.74 Å². The number of methoxy groups -OCH3 is 1. The Labute approximate surface area is 151 Å². The summed E-state index contributed by atoms with van der Waals surface area (Å²) in [5.41, 5.74) is 4.30. The Balaban J connectivity index is 1.81. The van der Waals surface area contributed by atoms with Crippen LogP contribution in [0.15, 0.2) is 48.7 Å². The van der Waals surface area contributed by atoms with Gasteiger partial charge >= 0.3 is 5.97 Å². The van der Waals surface area contributed by atoms with E-state index in [1.165, 1.54) is 13.3 Å². The largest absolute Gasteiger partial charge is 0.465 e. The predicted octanol–water partition coefficient (Wildman–Crippen LogP) is 3.76. The molecule has 0 amide bonds. The molecule has 26 heavy (non-hydrogen) atoms. The van der Waals surface area contributed by atoms with Crippen LogP contribution in [0.25, 0.3) is 0 Å². The zero-order valence-corrected chi connectivity index (χ0v) is 14.8. The first-order chi connectivity index (χ1) is 12.6. The Bertz CT molecular complexity index is 922. The molecular weight excluding hydrogens is 330 g/mol. The zero-order chi connectivity index (χ0) is 18.5. The highest BCUT2D eigenvalue weighted by molar-refractivity contribution is 5.90. The summed E-state index contributed by atoms with van der Waals surface area (Å²) in [5.74, 6) is 0.499. The lowest BCUT2D eigenvalue weighted by atomic mass is 10.1. The predicted molar refractivity (Wildman–Crippen MR) is 100 cm³/mol. The maximum atomic E-state index is 11.6. The number of para-hydroxylation sites is 1. The molecule has 3 rings (SSSR count). The SMILES string of the molecule is COC(=O)c1cccc(Nc2cnnc(Nc3c(C)cccc3C)n2)c1. The topological polar surface area (TPSA) is 89.0 Å². The third-order valence-corrected chi connectivity index (χ3v) is 3.83. The second-order valence-corrected chi connectivity index (χ2v) is 5.75. The number of esters is 1. The highest BCUT2D eigenvalue weighted by atomic mass is 16.5. The van der Waals surface area contributed by atoms with Crippen LogP contribution in [0.5, 0.6) is 0 Å². The number of carbonyl (C=O) groups is 1. The molecule has 0 aliphatic carbocycles. The van der Waals surface area contributed by atoms with Gasteiger partial charge in [0.2, 0.25) is 5.95 Å². The van der Waals surface area contributed by atoms with E-state index < -0.39 is 5.97 Å². The molecule has 0 unspecified atom stereocenters. The quantitative estimate of drug-likeness (QED) is 0.678. The zero-order valence-electron chi connectivity index (χ0n) is 14.8. The molecule has 7 heteroatoms. The van der Waals surface area contributed by atoms with Crippen LogP contribution in [0.3, 0.4) is 0 Å². The Hall–Kier alpha value is -3.48. The van der Waals surface area contributed by atoms with Crippen molar-refractivity contribution in [3.63, 3.8) is 0 Å². The standard InChI is InChI=1S/C19H19N5O2/c1-12-6-4-7-13(2)17(12)23-19-22-16(11-20-24-19)21-15-9-5-8-14(10-15)18(25)26-3/h4-11H,1-3H3,(H2,21,22,23,24). The maximum Gasteiger partial charge on any atom is 0.337 e. The van der Waals surface area contributed by atoms with E-state index in [9.17, 15) is 4.79 Å². The van der Waals surface area contributed by atoms with Crippen LogP contribution in [0.2, 0.25) is 0 Å². The molecule has 0 aliphatic rings. The fraction of sp³-hybridized carbons (Fsp3) is 0.158. The van der Waals surface area contributed by atoms with Crippen molar-refractivity contribution in [1.82, 2.24) is 15.2 Å². The third-order valence-electron chi connectivity index (χ3n) is 3.83. The minimum absolute atomic E-state index is 0.386. The van der Waals surface area contributed by atoms with Crippen LogP contribution in [0.4, 0.5) is 23.1 Å². The van der Waals surface area contributed by atoms with Crippen LogP contribution in [0.1, 0.15) is 21.5 Å². The molecule has 1 aromatic heterocycles. The van der Waals surface area contributed by atoms with E-state index in [1.54, 1.807) is 18.2 Å². The Morgan fingerprint density at radius 2 is 1.77 bits per heavy atom. The smallest absolute Gasteiger partial charge is 0.337 e. The molecule has 0 radical (unpaired) electrons. The summed E-state index contributed by atoms with van der Waals surface area (Å²) in [7, 11) is 1.35. The van der Waals surface area contributed by atoms with E-state index >= 15 is 0 Å². The molecule has 2 N–H and O–H groups in total. The van der Waals surface area contributed by atoms with E-state index in [2.05, 4.69) is 25.8 Å². The van der Waals surface area contributed by atoms with Crippen LogP contribution < -0.4 is 10.6 Å². The number of ether oxygens (including phenoxy) is 1. The number of aryl methyl sites for hydroxylation is 2. The second-order valence-electron chi connectivity index (χ2n) is 5.75. The molecule has 0 fully saturated rings. The van der Waals surface area contributed by atoms with Crippen molar-refractivity contribution in [3.05, 3.63) is 65.4 Å². The number of hydrogen-bond acceptors (Lipinski definition) is 7. The van der Waals surface area contributed by atoms with Crippen molar-refractivity contribution in [1.29, 1.82) is 0 Å². The van der Waals surface area contributed by atoms with E-state index in [-0.39, 0.29) is 0 Å². The number of hydrogen-bond donors (Lipinski definition) is 2. The first-order valence-corrected chi connectivity index (χ1v) is 8.05. The number of nitrogens with one attached hydrogen (secondary N) is 2. The summed E-state index contributed by atoms with van der Waals surface area (Å²) in [6.45, 7) is 4.03. The molecular formula is C19H19N5O2. The summed E-state index contributed by atoms with van der Waals surface area (Å²) >= 11 is 0. The van der Waals surface area contributed by atoms with Crippen LogP contribution in [-0.4, -0.2) is 28.3 Å². The molecule has 0 spiro atoms. The fourth-order valence-electron chi connectivity index (χ4n) is 2.53. The highest BCUT2D eigenvalue weighted by Gasteiger charge is 2.08. The molecule has 1 heterocycles. The van der Waals surface area contributed by atoms with Crippen LogP contribution >= 0.6 is 0 Å². The van der Waals surface area contributed by atoms with Crippen molar-refractivity contribution in [2.24, 2.45) is 0 Å². The average molecular weight is 349 g/mol. The molecule has 132 valence electrons. The van der Waals surface area contributed by atoms with Gasteiger partial charge in [-0.1, -0.05) is 24.3 Å². The number of nitrogens with zero attached hydrogens (tertiary/aromatic N) is 3. The summed E-state index contributed by atoms with van der Waals surface area (Å²) in [6, 6.07) is 13.0. The lowest BCUT2D eigenvalue weighted by Crippen LogP contribution is -2.05. The highest BCUT2D eigenvalue weighted by Crippen LogP contribution is 2.23. The summed E-state index contributed by atoms with van der Waals surface area (Å²) in [6.07, 6.45) is 1.51. The number of carbonyl (C=O) groups excluding carboxylic acids is 1. The molecule has 2 aromatic carbocycles. The first-order valence-electron chi connectivity index (χ1n) is 8.05. The lowest BCUT2D eigenvalue weighted by molar-refractivity contribution is 0.0601. The normalized spacial score (nSPS) is 10.3. The van der Waals surface area contributed by atoms with E-state index in [0.717, 1.165) is 16.8 Å². The van der Waals surface area contributed by atoms with Gasteiger partial charge in [-0.05, 0) is 43.2 Å². The molecule has 0 atom stereocenters. The van der Waals surface area contributed by atoms with Crippen molar-refractivity contribution in [2.75, 3.05) is 17.7 Å². The van der Waals surface area contributed by atoms with Gasteiger partial charge in [-0.25, -0.2) is 4.79 Å². The van der Waals surface area contributed by atoms with Gasteiger partial charge in [-0.3, -0.25) is 0 Å². The molecule has 0 aliphatic heterocycles. The monoisotopic (exact) mass is 349 g/mol. The van der Waals surface area contributed by atoms with Crippen LogP contribution in [0, 0.1) is 13.8 Å². The Morgan fingerprint density at radius 3 is 2.50 bits per heavy atom. The number of anilines is 4. The summed E-state index contributed by atoms with van der Waals surface area (Å²) < 4.78 is 4.73. The average Bonchev–Trinajstić information content (AvgIpc) is 2.65. The molecule has 0 saturated heterocycles. The van der Waals surface area contributed by atoms with Gasteiger partial charge in [0.25, 0.3) is 0 Å². The van der Waals surface area contributed by atoms with E-state index in [1.807, 2.05) is 38.1 Å². The minimum Gasteiger partial charge on any atom is -0.465 e. The molecule has 7 nitrogen and oxygen atoms in total. The Kier molecular flexibility index (Phi) is 5.07. The summed E-state index contributed by atoms with van der Waals surface area (Å²) in [4.78, 5) is 16.1.